The Bertz CT molecular complexity index is 1530. The zero-order chi connectivity index (χ0) is 23.5. The molecule has 5 aromatic rings. The Labute approximate surface area is 198 Å². The van der Waals surface area contributed by atoms with Crippen molar-refractivity contribution >= 4 is 22.9 Å². The molecule has 5 nitrogen and oxygen atoms in total. The Kier molecular flexibility index (Phi) is 5.75. The van der Waals surface area contributed by atoms with Gasteiger partial charge in [0.1, 0.15) is 0 Å². The second-order valence-corrected chi connectivity index (χ2v) is 8.23. The molecule has 166 valence electrons. The van der Waals surface area contributed by atoms with Crippen LogP contribution < -0.4 is 5.43 Å². The van der Waals surface area contributed by atoms with Crippen molar-refractivity contribution in [1.29, 1.82) is 0 Å². The number of hydrazone groups is 1. The predicted octanol–water partition coefficient (Wildman–Crippen LogP) is 6.07. The van der Waals surface area contributed by atoms with E-state index in [4.69, 9.17) is 0 Å². The minimum atomic E-state index is -0.362. The van der Waals surface area contributed by atoms with Crippen molar-refractivity contribution in [2.75, 3.05) is 0 Å². The molecule has 0 bridgehead atoms. The van der Waals surface area contributed by atoms with E-state index in [2.05, 4.69) is 46.0 Å². The molecule has 1 amide bonds. The summed E-state index contributed by atoms with van der Waals surface area (Å²) in [5.74, 6) is -0.362. The van der Waals surface area contributed by atoms with Crippen LogP contribution in [0, 0.1) is 13.8 Å². The first kappa shape index (κ1) is 21.3. The summed E-state index contributed by atoms with van der Waals surface area (Å²) >= 11 is 0. The van der Waals surface area contributed by atoms with Crippen molar-refractivity contribution < 1.29 is 4.79 Å². The van der Waals surface area contributed by atoms with Gasteiger partial charge in [-0.3, -0.25) is 4.79 Å². The first-order valence-electron chi connectivity index (χ1n) is 11.1. The number of aryl methyl sites for hydroxylation is 2. The molecule has 0 saturated heterocycles. The van der Waals surface area contributed by atoms with Gasteiger partial charge in [-0.2, -0.15) is 10.2 Å². The largest absolute Gasteiger partial charge is 0.291 e. The Morgan fingerprint density at radius 3 is 2.32 bits per heavy atom. The standard InChI is InChI=1S/C29H24N4O/c1-20-9-3-5-13-25(20)19-30-31-29(34)26-18-28(33(32-26)27-14-8-4-10-21(27)2)24-16-15-22-11-6-7-12-23(22)17-24/h3-19H,1-2H3,(H,31,34)/b30-19-. The highest BCUT2D eigenvalue weighted by atomic mass is 16.2. The molecule has 0 saturated carbocycles. The van der Waals surface area contributed by atoms with Crippen LogP contribution in [0.3, 0.4) is 0 Å². The molecule has 0 unspecified atom stereocenters. The van der Waals surface area contributed by atoms with Gasteiger partial charge in [0.25, 0.3) is 5.91 Å². The van der Waals surface area contributed by atoms with E-state index in [-0.39, 0.29) is 5.91 Å². The predicted molar refractivity (Wildman–Crippen MR) is 137 cm³/mol. The second-order valence-electron chi connectivity index (χ2n) is 8.23. The molecule has 1 heterocycles. The van der Waals surface area contributed by atoms with Gasteiger partial charge in [0.2, 0.25) is 0 Å². The van der Waals surface area contributed by atoms with Crippen molar-refractivity contribution in [3.05, 3.63) is 119 Å². The molecule has 0 fully saturated rings. The number of amides is 1. The van der Waals surface area contributed by atoms with Crippen molar-refractivity contribution in [2.24, 2.45) is 5.10 Å². The van der Waals surface area contributed by atoms with E-state index in [1.54, 1.807) is 6.21 Å². The highest BCUT2D eigenvalue weighted by Gasteiger charge is 2.18. The number of nitrogens with zero attached hydrogens (tertiary/aromatic N) is 3. The van der Waals surface area contributed by atoms with Gasteiger partial charge in [0.05, 0.1) is 17.6 Å². The molecule has 5 rings (SSSR count). The molecule has 1 aromatic heterocycles. The zero-order valence-corrected chi connectivity index (χ0v) is 19.1. The molecule has 0 aliphatic carbocycles. The lowest BCUT2D eigenvalue weighted by Crippen LogP contribution is -2.18. The highest BCUT2D eigenvalue weighted by Crippen LogP contribution is 2.28. The minimum absolute atomic E-state index is 0.299. The van der Waals surface area contributed by atoms with Crippen molar-refractivity contribution in [3.8, 4) is 16.9 Å². The normalized spacial score (nSPS) is 11.2. The van der Waals surface area contributed by atoms with Crippen LogP contribution in [-0.2, 0) is 0 Å². The Morgan fingerprint density at radius 1 is 0.824 bits per heavy atom. The van der Waals surface area contributed by atoms with E-state index in [1.807, 2.05) is 85.3 Å². The monoisotopic (exact) mass is 444 g/mol. The van der Waals surface area contributed by atoms with Gasteiger partial charge in [-0.05, 0) is 59.5 Å². The van der Waals surface area contributed by atoms with Gasteiger partial charge in [-0.15, -0.1) is 0 Å². The summed E-state index contributed by atoms with van der Waals surface area (Å²) in [4.78, 5) is 12.9. The van der Waals surface area contributed by atoms with Crippen LogP contribution in [-0.4, -0.2) is 21.9 Å². The van der Waals surface area contributed by atoms with Crippen molar-refractivity contribution in [2.45, 2.75) is 13.8 Å². The third-order valence-electron chi connectivity index (χ3n) is 5.89. The first-order valence-corrected chi connectivity index (χ1v) is 11.1. The van der Waals surface area contributed by atoms with Crippen LogP contribution in [0.5, 0.6) is 0 Å². The number of nitrogens with one attached hydrogen (secondary N) is 1. The van der Waals surface area contributed by atoms with Gasteiger partial charge in [-0.1, -0.05) is 78.9 Å². The van der Waals surface area contributed by atoms with E-state index < -0.39 is 0 Å². The number of fused-ring (bicyclic) bond motifs is 1. The lowest BCUT2D eigenvalue weighted by atomic mass is 10.0. The lowest BCUT2D eigenvalue weighted by molar-refractivity contribution is 0.0949. The van der Waals surface area contributed by atoms with Crippen LogP contribution in [0.25, 0.3) is 27.7 Å². The molecular formula is C29H24N4O. The molecule has 0 atom stereocenters. The van der Waals surface area contributed by atoms with Gasteiger partial charge < -0.3 is 0 Å². The number of benzene rings is 4. The Morgan fingerprint density at radius 2 is 1.53 bits per heavy atom. The molecule has 0 spiro atoms. The van der Waals surface area contributed by atoms with Crippen molar-refractivity contribution in [1.82, 2.24) is 15.2 Å². The maximum absolute atomic E-state index is 12.9. The number of rotatable bonds is 5. The van der Waals surface area contributed by atoms with Crippen LogP contribution in [0.15, 0.2) is 102 Å². The summed E-state index contributed by atoms with van der Waals surface area (Å²) in [6, 6.07) is 32.2. The molecular weight excluding hydrogens is 420 g/mol. The SMILES string of the molecule is Cc1ccccc1/C=N\NC(=O)c1cc(-c2ccc3ccccc3c2)n(-c2ccccc2C)n1. The molecule has 1 N–H and O–H groups in total. The van der Waals surface area contributed by atoms with Gasteiger partial charge in [0, 0.05) is 5.56 Å². The number of hydrogen-bond donors (Lipinski definition) is 1. The number of hydrogen-bond acceptors (Lipinski definition) is 3. The maximum atomic E-state index is 12.9. The highest BCUT2D eigenvalue weighted by molar-refractivity contribution is 5.95. The molecule has 0 aliphatic rings. The van der Waals surface area contributed by atoms with Gasteiger partial charge >= 0.3 is 0 Å². The minimum Gasteiger partial charge on any atom is -0.265 e. The average Bonchev–Trinajstić information content (AvgIpc) is 3.30. The van der Waals surface area contributed by atoms with Crippen molar-refractivity contribution in [3.63, 3.8) is 0 Å². The third-order valence-corrected chi connectivity index (χ3v) is 5.89. The summed E-state index contributed by atoms with van der Waals surface area (Å²) in [7, 11) is 0. The van der Waals surface area contributed by atoms with Crippen LogP contribution in [0.2, 0.25) is 0 Å². The number of carbonyl (C=O) groups is 1. The number of carbonyl (C=O) groups excluding carboxylic acids is 1. The topological polar surface area (TPSA) is 59.3 Å². The fourth-order valence-corrected chi connectivity index (χ4v) is 3.98. The molecule has 4 aromatic carbocycles. The number of aromatic nitrogens is 2. The number of para-hydroxylation sites is 1. The van der Waals surface area contributed by atoms with Gasteiger partial charge in [-0.25, -0.2) is 10.1 Å². The lowest BCUT2D eigenvalue weighted by Gasteiger charge is -2.11. The molecule has 0 radical (unpaired) electrons. The molecule has 34 heavy (non-hydrogen) atoms. The zero-order valence-electron chi connectivity index (χ0n) is 19.1. The van der Waals surface area contributed by atoms with Crippen LogP contribution in [0.1, 0.15) is 27.2 Å². The Balaban J connectivity index is 1.53. The van der Waals surface area contributed by atoms with E-state index in [9.17, 15) is 4.79 Å². The Hall–Kier alpha value is -4.51. The van der Waals surface area contributed by atoms with Crippen LogP contribution >= 0.6 is 0 Å². The smallest absolute Gasteiger partial charge is 0.265 e. The fourth-order valence-electron chi connectivity index (χ4n) is 3.98. The molecule has 0 aliphatic heterocycles. The summed E-state index contributed by atoms with van der Waals surface area (Å²) < 4.78 is 1.83. The van der Waals surface area contributed by atoms with E-state index in [1.165, 1.54) is 0 Å². The molecule has 5 heteroatoms. The van der Waals surface area contributed by atoms with E-state index in [0.717, 1.165) is 44.4 Å². The van der Waals surface area contributed by atoms with E-state index in [0.29, 0.717) is 5.69 Å². The fraction of sp³-hybridized carbons (Fsp3) is 0.0690. The van der Waals surface area contributed by atoms with E-state index >= 15 is 0 Å². The summed E-state index contributed by atoms with van der Waals surface area (Å²) in [6.07, 6.45) is 1.65. The quantitative estimate of drug-likeness (QED) is 0.264. The van der Waals surface area contributed by atoms with Gasteiger partial charge in [0.15, 0.2) is 5.69 Å². The first-order chi connectivity index (χ1) is 16.6. The average molecular weight is 445 g/mol. The second kappa shape index (κ2) is 9.16. The van der Waals surface area contributed by atoms with Crippen LogP contribution in [0.4, 0.5) is 0 Å². The summed E-state index contributed by atoms with van der Waals surface area (Å²) in [6.45, 7) is 4.04. The summed E-state index contributed by atoms with van der Waals surface area (Å²) in [5, 5.41) is 11.1. The summed E-state index contributed by atoms with van der Waals surface area (Å²) in [5.41, 5.74) is 8.77. The maximum Gasteiger partial charge on any atom is 0.291 e. The third kappa shape index (κ3) is 4.24.